The topological polar surface area (TPSA) is 32.8 Å². The van der Waals surface area contributed by atoms with Gasteiger partial charge >= 0.3 is 0 Å². The molecule has 2 aliphatic heterocycles. The molecule has 2 saturated heterocycles. The Bertz CT molecular complexity index is 601. The van der Waals surface area contributed by atoms with Gasteiger partial charge in [-0.3, -0.25) is 9.69 Å². The van der Waals surface area contributed by atoms with E-state index < -0.39 is 0 Å². The summed E-state index contributed by atoms with van der Waals surface area (Å²) in [4.78, 5) is 17.3. The Kier molecular flexibility index (Phi) is 5.70. The van der Waals surface area contributed by atoms with E-state index in [-0.39, 0.29) is 24.2 Å². The Morgan fingerprint density at radius 2 is 1.96 bits per heavy atom. The van der Waals surface area contributed by atoms with E-state index in [0.717, 1.165) is 39.0 Å². The molecule has 0 bridgehead atoms. The molecule has 3 rings (SSSR count). The average Bonchev–Trinajstić information content (AvgIpc) is 2.93. The first-order chi connectivity index (χ1) is 11.4. The van der Waals surface area contributed by atoms with Crippen molar-refractivity contribution in [3.63, 3.8) is 0 Å². The van der Waals surface area contributed by atoms with Gasteiger partial charge < -0.3 is 9.64 Å². The molecule has 0 saturated carbocycles. The van der Waals surface area contributed by atoms with Gasteiger partial charge in [-0.1, -0.05) is 23.2 Å². The first-order valence-corrected chi connectivity index (χ1v) is 9.33. The molecule has 2 heterocycles. The zero-order chi connectivity index (χ0) is 17.3. The van der Waals surface area contributed by atoms with E-state index in [4.69, 9.17) is 27.9 Å². The second-order valence-electron chi connectivity index (χ2n) is 6.89. The molecular weight excluding hydrogens is 347 g/mol. The van der Waals surface area contributed by atoms with Crippen LogP contribution in [-0.4, -0.2) is 60.1 Å². The summed E-state index contributed by atoms with van der Waals surface area (Å²) in [5.41, 5.74) is 0.539. The summed E-state index contributed by atoms with van der Waals surface area (Å²) in [7, 11) is 0. The zero-order valence-electron chi connectivity index (χ0n) is 14.2. The Morgan fingerprint density at radius 1 is 1.25 bits per heavy atom. The van der Waals surface area contributed by atoms with Crippen molar-refractivity contribution in [2.45, 2.75) is 44.9 Å². The monoisotopic (exact) mass is 370 g/mol. The molecule has 0 aliphatic carbocycles. The number of carbonyl (C=O) groups excluding carboxylic acids is 1. The summed E-state index contributed by atoms with van der Waals surface area (Å²) in [6.45, 7) is 7.74. The molecule has 0 aromatic heterocycles. The molecule has 0 radical (unpaired) electrons. The van der Waals surface area contributed by atoms with Gasteiger partial charge in [0.25, 0.3) is 5.91 Å². The van der Waals surface area contributed by atoms with E-state index in [1.54, 1.807) is 18.2 Å². The average molecular weight is 371 g/mol. The molecule has 1 aromatic carbocycles. The highest BCUT2D eigenvalue weighted by Gasteiger charge is 2.33. The highest BCUT2D eigenvalue weighted by Crippen LogP contribution is 2.27. The molecular formula is C18H24Cl2N2O2. The van der Waals surface area contributed by atoms with E-state index in [0.29, 0.717) is 15.6 Å². The molecule has 0 N–H and O–H groups in total. The second kappa shape index (κ2) is 7.61. The number of hydrogen-bond donors (Lipinski definition) is 0. The van der Waals surface area contributed by atoms with E-state index >= 15 is 0 Å². The third-order valence-electron chi connectivity index (χ3n) is 4.76. The number of hydrogen-bond acceptors (Lipinski definition) is 3. The lowest BCUT2D eigenvalue weighted by Crippen LogP contribution is -2.50. The zero-order valence-corrected chi connectivity index (χ0v) is 15.7. The summed E-state index contributed by atoms with van der Waals surface area (Å²) < 4.78 is 5.80. The Labute approximate surface area is 153 Å². The van der Waals surface area contributed by atoms with Gasteiger partial charge in [0, 0.05) is 37.2 Å². The molecule has 0 unspecified atom stereocenters. The Balaban J connectivity index is 1.69. The van der Waals surface area contributed by atoms with Crippen molar-refractivity contribution in [3.05, 3.63) is 33.8 Å². The van der Waals surface area contributed by atoms with Crippen molar-refractivity contribution in [2.24, 2.45) is 0 Å². The van der Waals surface area contributed by atoms with E-state index in [2.05, 4.69) is 18.7 Å². The summed E-state index contributed by atoms with van der Waals surface area (Å²) >= 11 is 12.2. The molecule has 1 amide bonds. The van der Waals surface area contributed by atoms with Gasteiger partial charge in [0.2, 0.25) is 0 Å². The van der Waals surface area contributed by atoms with E-state index in [1.807, 2.05) is 4.90 Å². The molecule has 132 valence electrons. The fourth-order valence-electron chi connectivity index (χ4n) is 3.84. The van der Waals surface area contributed by atoms with Crippen LogP contribution in [0.15, 0.2) is 18.2 Å². The van der Waals surface area contributed by atoms with Crippen LogP contribution in [0, 0.1) is 0 Å². The summed E-state index contributed by atoms with van der Waals surface area (Å²) in [5, 5.41) is 0.970. The number of carbonyl (C=O) groups is 1. The number of amides is 1. The van der Waals surface area contributed by atoms with Crippen molar-refractivity contribution in [1.82, 2.24) is 9.80 Å². The number of halogens is 2. The fourth-order valence-corrected chi connectivity index (χ4v) is 4.33. The SMILES string of the molecule is C[C@@H]1CN(C[C@@H]2CCCN2C(=O)c2ccc(Cl)cc2Cl)C[C@H](C)O1. The van der Waals surface area contributed by atoms with E-state index in [1.165, 1.54) is 0 Å². The lowest BCUT2D eigenvalue weighted by Gasteiger charge is -2.38. The summed E-state index contributed by atoms with van der Waals surface area (Å²) in [6.07, 6.45) is 2.56. The molecule has 3 atom stereocenters. The van der Waals surface area contributed by atoms with Gasteiger partial charge in [0.15, 0.2) is 0 Å². The van der Waals surface area contributed by atoms with Crippen molar-refractivity contribution in [1.29, 1.82) is 0 Å². The maximum atomic E-state index is 12.9. The number of rotatable bonds is 3. The number of ether oxygens (including phenoxy) is 1. The maximum Gasteiger partial charge on any atom is 0.255 e. The minimum Gasteiger partial charge on any atom is -0.373 e. The lowest BCUT2D eigenvalue weighted by molar-refractivity contribution is -0.0715. The van der Waals surface area contributed by atoms with Crippen LogP contribution in [-0.2, 0) is 4.74 Å². The van der Waals surface area contributed by atoms with Crippen LogP contribution in [0.1, 0.15) is 37.0 Å². The van der Waals surface area contributed by atoms with Gasteiger partial charge in [-0.05, 0) is 44.9 Å². The minimum atomic E-state index is 0.00789. The third kappa shape index (κ3) is 4.05. The van der Waals surface area contributed by atoms with Crippen molar-refractivity contribution >= 4 is 29.1 Å². The van der Waals surface area contributed by atoms with Crippen LogP contribution < -0.4 is 0 Å². The maximum absolute atomic E-state index is 12.9. The molecule has 4 nitrogen and oxygen atoms in total. The minimum absolute atomic E-state index is 0.00789. The Morgan fingerprint density at radius 3 is 2.62 bits per heavy atom. The van der Waals surface area contributed by atoms with Crippen LogP contribution in [0.3, 0.4) is 0 Å². The van der Waals surface area contributed by atoms with Crippen molar-refractivity contribution < 1.29 is 9.53 Å². The summed E-state index contributed by atoms with van der Waals surface area (Å²) in [6, 6.07) is 5.31. The number of benzene rings is 1. The van der Waals surface area contributed by atoms with Gasteiger partial charge in [0.1, 0.15) is 0 Å². The van der Waals surface area contributed by atoms with Crippen LogP contribution in [0.5, 0.6) is 0 Å². The third-order valence-corrected chi connectivity index (χ3v) is 5.31. The highest BCUT2D eigenvalue weighted by molar-refractivity contribution is 6.36. The van der Waals surface area contributed by atoms with E-state index in [9.17, 15) is 4.79 Å². The van der Waals surface area contributed by atoms with Crippen LogP contribution in [0.2, 0.25) is 10.0 Å². The second-order valence-corrected chi connectivity index (χ2v) is 7.74. The first kappa shape index (κ1) is 18.0. The van der Waals surface area contributed by atoms with Crippen molar-refractivity contribution in [2.75, 3.05) is 26.2 Å². The number of nitrogens with zero attached hydrogens (tertiary/aromatic N) is 2. The van der Waals surface area contributed by atoms with Crippen LogP contribution >= 0.6 is 23.2 Å². The molecule has 6 heteroatoms. The molecule has 1 aromatic rings. The molecule has 0 spiro atoms. The fraction of sp³-hybridized carbons (Fsp3) is 0.611. The van der Waals surface area contributed by atoms with Crippen LogP contribution in [0.4, 0.5) is 0 Å². The molecule has 2 aliphatic rings. The first-order valence-electron chi connectivity index (χ1n) is 8.58. The highest BCUT2D eigenvalue weighted by atomic mass is 35.5. The van der Waals surface area contributed by atoms with Gasteiger partial charge in [-0.15, -0.1) is 0 Å². The standard InChI is InChI=1S/C18H24Cl2N2O2/c1-12-9-21(10-13(2)24-12)11-15-4-3-7-22(15)18(23)16-6-5-14(19)8-17(16)20/h5-6,8,12-13,15H,3-4,7,9-11H2,1-2H3/t12-,13+,15-/m0/s1. The smallest absolute Gasteiger partial charge is 0.255 e. The number of likely N-dealkylation sites (tertiary alicyclic amines) is 1. The van der Waals surface area contributed by atoms with Crippen molar-refractivity contribution in [3.8, 4) is 0 Å². The van der Waals surface area contributed by atoms with Crippen LogP contribution in [0.25, 0.3) is 0 Å². The number of morpholine rings is 1. The summed E-state index contributed by atoms with van der Waals surface area (Å²) in [5.74, 6) is 0.00789. The predicted molar refractivity (Wildman–Crippen MR) is 97.0 cm³/mol. The largest absolute Gasteiger partial charge is 0.373 e. The quantitative estimate of drug-likeness (QED) is 0.812. The Hall–Kier alpha value is -0.810. The van der Waals surface area contributed by atoms with Gasteiger partial charge in [-0.25, -0.2) is 0 Å². The molecule has 2 fully saturated rings. The normalized spacial score (nSPS) is 28.3. The lowest BCUT2D eigenvalue weighted by atomic mass is 10.1. The van der Waals surface area contributed by atoms with Gasteiger partial charge in [-0.2, -0.15) is 0 Å². The van der Waals surface area contributed by atoms with Gasteiger partial charge in [0.05, 0.1) is 22.8 Å². The molecule has 24 heavy (non-hydrogen) atoms. The predicted octanol–water partition coefficient (Wildman–Crippen LogP) is 3.71.